The van der Waals surface area contributed by atoms with Crippen LogP contribution in [0.25, 0.3) is 0 Å². The van der Waals surface area contributed by atoms with Gasteiger partial charge in [0.2, 0.25) is 0 Å². The number of aromatic nitrogens is 3. The smallest absolute Gasteiger partial charge is 0.143 e. The molecule has 0 aliphatic heterocycles. The van der Waals surface area contributed by atoms with Crippen molar-refractivity contribution in [2.75, 3.05) is 0 Å². The molecule has 0 saturated heterocycles. The minimum atomic E-state index is 0.289. The Morgan fingerprint density at radius 2 is 2.46 bits per heavy atom. The lowest BCUT2D eigenvalue weighted by molar-refractivity contribution is -0.120. The summed E-state index contributed by atoms with van der Waals surface area (Å²) in [5.41, 5.74) is 0. The Morgan fingerprint density at radius 3 is 2.92 bits per heavy atom. The Bertz CT molecular complexity index is 331. The second kappa shape index (κ2) is 2.94. The van der Waals surface area contributed by atoms with E-state index < -0.39 is 0 Å². The number of carbonyl (C=O) groups is 1. The molecule has 1 aromatic rings. The van der Waals surface area contributed by atoms with E-state index in [-0.39, 0.29) is 5.92 Å². The SMILES string of the molecule is CC1CC1C(=O)Cc1ncnn1C. The van der Waals surface area contributed by atoms with Gasteiger partial charge in [-0.25, -0.2) is 4.98 Å². The van der Waals surface area contributed by atoms with E-state index in [1.54, 1.807) is 4.68 Å². The highest BCUT2D eigenvalue weighted by atomic mass is 16.1. The maximum Gasteiger partial charge on any atom is 0.143 e. The van der Waals surface area contributed by atoms with Crippen LogP contribution in [0.15, 0.2) is 6.33 Å². The molecule has 4 heteroatoms. The first-order valence-corrected chi connectivity index (χ1v) is 4.54. The highest BCUT2D eigenvalue weighted by Crippen LogP contribution is 2.38. The molecular weight excluding hydrogens is 166 g/mol. The number of hydrogen-bond acceptors (Lipinski definition) is 3. The topological polar surface area (TPSA) is 47.8 Å². The molecule has 1 heterocycles. The number of ketones is 1. The van der Waals surface area contributed by atoms with Crippen molar-refractivity contribution in [2.24, 2.45) is 18.9 Å². The van der Waals surface area contributed by atoms with Crippen LogP contribution in [0.5, 0.6) is 0 Å². The monoisotopic (exact) mass is 179 g/mol. The van der Waals surface area contributed by atoms with Gasteiger partial charge >= 0.3 is 0 Å². The van der Waals surface area contributed by atoms with Gasteiger partial charge in [-0.05, 0) is 12.3 Å². The zero-order valence-electron chi connectivity index (χ0n) is 7.90. The average Bonchev–Trinajstić information content (AvgIpc) is 2.68. The lowest BCUT2D eigenvalue weighted by Gasteiger charge is -1.98. The van der Waals surface area contributed by atoms with E-state index in [2.05, 4.69) is 17.0 Å². The molecule has 2 atom stereocenters. The number of carbonyl (C=O) groups excluding carboxylic acids is 1. The van der Waals surface area contributed by atoms with E-state index in [0.717, 1.165) is 12.2 Å². The summed E-state index contributed by atoms with van der Waals surface area (Å²) < 4.78 is 1.66. The lowest BCUT2D eigenvalue weighted by atomic mass is 10.1. The first-order chi connectivity index (χ1) is 6.18. The van der Waals surface area contributed by atoms with E-state index >= 15 is 0 Å². The summed E-state index contributed by atoms with van der Waals surface area (Å²) in [5, 5.41) is 3.92. The predicted molar refractivity (Wildman–Crippen MR) is 47.0 cm³/mol. The molecule has 0 radical (unpaired) electrons. The summed E-state index contributed by atoms with van der Waals surface area (Å²) >= 11 is 0. The van der Waals surface area contributed by atoms with Crippen LogP contribution in [0.4, 0.5) is 0 Å². The van der Waals surface area contributed by atoms with E-state index in [9.17, 15) is 4.79 Å². The Labute approximate surface area is 77.0 Å². The van der Waals surface area contributed by atoms with Gasteiger partial charge in [-0.2, -0.15) is 5.10 Å². The first-order valence-electron chi connectivity index (χ1n) is 4.54. The zero-order valence-corrected chi connectivity index (χ0v) is 7.90. The molecule has 1 aliphatic carbocycles. The Morgan fingerprint density at radius 1 is 1.77 bits per heavy atom. The molecule has 0 bridgehead atoms. The molecule has 0 spiro atoms. The van der Waals surface area contributed by atoms with Crippen LogP contribution in [0, 0.1) is 11.8 Å². The quantitative estimate of drug-likeness (QED) is 0.682. The maximum absolute atomic E-state index is 11.6. The summed E-state index contributed by atoms with van der Waals surface area (Å²) in [6.07, 6.45) is 2.97. The molecule has 0 amide bonds. The predicted octanol–water partition coefficient (Wildman–Crippen LogP) is 0.583. The number of hydrogen-bond donors (Lipinski definition) is 0. The number of nitrogens with zero attached hydrogens (tertiary/aromatic N) is 3. The van der Waals surface area contributed by atoms with Gasteiger partial charge in [-0.15, -0.1) is 0 Å². The van der Waals surface area contributed by atoms with Crippen LogP contribution in [0.1, 0.15) is 19.2 Å². The molecule has 2 rings (SSSR count). The molecule has 0 aromatic carbocycles. The molecule has 1 saturated carbocycles. The number of Topliss-reactive ketones (excluding diaryl/α,β-unsaturated/α-hetero) is 1. The maximum atomic E-state index is 11.6. The average molecular weight is 179 g/mol. The molecule has 1 aliphatic rings. The second-order valence-corrected chi connectivity index (χ2v) is 3.76. The standard InChI is InChI=1S/C9H13N3O/c1-6-3-7(6)8(13)4-9-10-5-11-12(9)2/h5-7H,3-4H2,1-2H3. The van der Waals surface area contributed by atoms with E-state index in [1.165, 1.54) is 6.33 Å². The molecular formula is C9H13N3O. The fraction of sp³-hybridized carbons (Fsp3) is 0.667. The van der Waals surface area contributed by atoms with Gasteiger partial charge in [0, 0.05) is 13.0 Å². The highest BCUT2D eigenvalue weighted by Gasteiger charge is 2.38. The van der Waals surface area contributed by atoms with Gasteiger partial charge in [-0.3, -0.25) is 9.48 Å². The Kier molecular flexibility index (Phi) is 1.90. The molecule has 0 N–H and O–H groups in total. The van der Waals surface area contributed by atoms with Crippen molar-refractivity contribution in [3.05, 3.63) is 12.2 Å². The van der Waals surface area contributed by atoms with Crippen molar-refractivity contribution in [2.45, 2.75) is 19.8 Å². The van der Waals surface area contributed by atoms with Crippen molar-refractivity contribution < 1.29 is 4.79 Å². The minimum Gasteiger partial charge on any atom is -0.299 e. The minimum absolute atomic E-state index is 0.289. The molecule has 1 aromatic heterocycles. The van der Waals surface area contributed by atoms with Gasteiger partial charge in [0.25, 0.3) is 0 Å². The van der Waals surface area contributed by atoms with Gasteiger partial charge < -0.3 is 0 Å². The third-order valence-electron chi connectivity index (χ3n) is 2.66. The van der Waals surface area contributed by atoms with Crippen molar-refractivity contribution in [3.8, 4) is 0 Å². The van der Waals surface area contributed by atoms with Crippen molar-refractivity contribution in [1.82, 2.24) is 14.8 Å². The fourth-order valence-electron chi connectivity index (χ4n) is 1.54. The van der Waals surface area contributed by atoms with Crippen LogP contribution in [-0.2, 0) is 18.3 Å². The van der Waals surface area contributed by atoms with E-state index in [4.69, 9.17) is 0 Å². The lowest BCUT2D eigenvalue weighted by Crippen LogP contribution is -2.10. The Balaban J connectivity index is 1.99. The van der Waals surface area contributed by atoms with Crippen LogP contribution in [0.2, 0.25) is 0 Å². The van der Waals surface area contributed by atoms with Crippen molar-refractivity contribution in [1.29, 1.82) is 0 Å². The summed E-state index contributed by atoms with van der Waals surface area (Å²) in [6, 6.07) is 0. The van der Waals surface area contributed by atoms with Crippen molar-refractivity contribution >= 4 is 5.78 Å². The van der Waals surface area contributed by atoms with Gasteiger partial charge in [0.1, 0.15) is 17.9 Å². The van der Waals surface area contributed by atoms with Crippen LogP contribution < -0.4 is 0 Å². The summed E-state index contributed by atoms with van der Waals surface area (Å²) in [4.78, 5) is 15.6. The molecule has 70 valence electrons. The second-order valence-electron chi connectivity index (χ2n) is 3.76. The van der Waals surface area contributed by atoms with Gasteiger partial charge in [-0.1, -0.05) is 6.92 Å². The van der Waals surface area contributed by atoms with Crippen LogP contribution in [-0.4, -0.2) is 20.5 Å². The van der Waals surface area contributed by atoms with E-state index in [1.807, 2.05) is 7.05 Å². The largest absolute Gasteiger partial charge is 0.299 e. The Hall–Kier alpha value is -1.19. The molecule has 2 unspecified atom stereocenters. The number of aryl methyl sites for hydroxylation is 1. The third-order valence-corrected chi connectivity index (χ3v) is 2.66. The summed E-state index contributed by atoms with van der Waals surface area (Å²) in [7, 11) is 1.81. The molecule has 1 fully saturated rings. The highest BCUT2D eigenvalue weighted by molar-refractivity contribution is 5.85. The van der Waals surface area contributed by atoms with E-state index in [0.29, 0.717) is 18.1 Å². The van der Waals surface area contributed by atoms with Crippen LogP contribution >= 0.6 is 0 Å². The third kappa shape index (κ3) is 1.61. The molecule has 13 heavy (non-hydrogen) atoms. The normalized spacial score (nSPS) is 26.0. The van der Waals surface area contributed by atoms with Gasteiger partial charge in [0.05, 0.1) is 6.42 Å². The van der Waals surface area contributed by atoms with Crippen molar-refractivity contribution in [3.63, 3.8) is 0 Å². The number of rotatable bonds is 3. The van der Waals surface area contributed by atoms with Gasteiger partial charge in [0.15, 0.2) is 0 Å². The fourth-order valence-corrected chi connectivity index (χ4v) is 1.54. The zero-order chi connectivity index (χ0) is 9.42. The summed E-state index contributed by atoms with van der Waals surface area (Å²) in [5.74, 6) is 1.95. The molecule has 4 nitrogen and oxygen atoms in total. The summed E-state index contributed by atoms with van der Waals surface area (Å²) in [6.45, 7) is 2.11. The first kappa shape index (κ1) is 8.41. The van der Waals surface area contributed by atoms with Crippen LogP contribution in [0.3, 0.4) is 0 Å².